The third-order valence-corrected chi connectivity index (χ3v) is 5.06. The Hall–Kier alpha value is -2.25. The molecular formula is C18H19ClN4O2S. The number of aromatic nitrogens is 4. The zero-order chi connectivity index (χ0) is 18.5. The number of hydrogen-bond donors (Lipinski definition) is 0. The molecule has 3 aromatic rings. The zero-order valence-electron chi connectivity index (χ0n) is 14.6. The maximum atomic E-state index is 5.89. The van der Waals surface area contributed by atoms with Crippen LogP contribution in [0.15, 0.2) is 46.6 Å². The summed E-state index contributed by atoms with van der Waals surface area (Å²) in [6, 6.07) is 7.22. The van der Waals surface area contributed by atoms with Crippen molar-refractivity contribution in [3.8, 4) is 5.75 Å². The van der Waals surface area contributed by atoms with Crippen molar-refractivity contribution in [2.45, 2.75) is 37.9 Å². The first kappa shape index (κ1) is 18.5. The predicted octanol–water partition coefficient (Wildman–Crippen LogP) is 4.59. The van der Waals surface area contributed by atoms with Gasteiger partial charge >= 0.3 is 0 Å². The Bertz CT molecular complexity index is 870. The van der Waals surface area contributed by atoms with Crippen LogP contribution in [-0.2, 0) is 18.9 Å². The molecule has 1 aromatic carbocycles. The predicted molar refractivity (Wildman–Crippen MR) is 102 cm³/mol. The summed E-state index contributed by atoms with van der Waals surface area (Å²) in [4.78, 5) is 0. The van der Waals surface area contributed by atoms with E-state index in [1.807, 2.05) is 36.6 Å². The number of hydrogen-bond acceptors (Lipinski definition) is 6. The number of nitrogens with zero attached hydrogens (tertiary/aromatic N) is 4. The van der Waals surface area contributed by atoms with Crippen LogP contribution < -0.4 is 4.74 Å². The molecule has 2 heterocycles. The summed E-state index contributed by atoms with van der Waals surface area (Å²) < 4.78 is 13.0. The fraction of sp³-hybridized carbons (Fsp3) is 0.278. The van der Waals surface area contributed by atoms with Gasteiger partial charge < -0.3 is 9.26 Å². The van der Waals surface area contributed by atoms with E-state index in [0.29, 0.717) is 23.9 Å². The molecule has 0 bridgehead atoms. The highest BCUT2D eigenvalue weighted by Gasteiger charge is 2.15. The molecule has 136 valence electrons. The van der Waals surface area contributed by atoms with Crippen LogP contribution in [0.5, 0.6) is 5.75 Å². The third-order valence-electron chi connectivity index (χ3n) is 3.81. The van der Waals surface area contributed by atoms with E-state index in [2.05, 4.69) is 21.9 Å². The number of halogens is 1. The van der Waals surface area contributed by atoms with Crippen molar-refractivity contribution in [3.63, 3.8) is 0 Å². The minimum absolute atomic E-state index is 0.314. The van der Waals surface area contributed by atoms with Crippen LogP contribution in [0.4, 0.5) is 0 Å². The number of ether oxygens (including phenoxy) is 1. The van der Waals surface area contributed by atoms with E-state index in [0.717, 1.165) is 33.7 Å². The summed E-state index contributed by atoms with van der Waals surface area (Å²) in [5.41, 5.74) is 1.98. The molecule has 0 spiro atoms. The molecular weight excluding hydrogens is 372 g/mol. The van der Waals surface area contributed by atoms with Crippen molar-refractivity contribution in [2.24, 2.45) is 0 Å². The molecule has 0 radical (unpaired) electrons. The molecule has 0 amide bonds. The van der Waals surface area contributed by atoms with Crippen molar-refractivity contribution < 1.29 is 9.26 Å². The van der Waals surface area contributed by atoms with Crippen LogP contribution in [0.1, 0.15) is 22.8 Å². The second kappa shape index (κ2) is 8.42. The topological polar surface area (TPSA) is 66.0 Å². The SMILES string of the molecule is C=CCn1c(COc2ccc(Cl)cc2)nnc1SCc1c(C)noc1C. The molecule has 0 saturated heterocycles. The Kier molecular flexibility index (Phi) is 6.00. The molecule has 6 nitrogen and oxygen atoms in total. The average molecular weight is 391 g/mol. The van der Waals surface area contributed by atoms with Gasteiger partial charge in [0.05, 0.1) is 5.69 Å². The number of thioether (sulfide) groups is 1. The quantitative estimate of drug-likeness (QED) is 0.414. The molecule has 0 saturated carbocycles. The van der Waals surface area contributed by atoms with E-state index < -0.39 is 0 Å². The first-order valence-corrected chi connectivity index (χ1v) is 9.40. The monoisotopic (exact) mass is 390 g/mol. The van der Waals surface area contributed by atoms with Crippen LogP contribution in [0, 0.1) is 13.8 Å². The lowest BCUT2D eigenvalue weighted by atomic mass is 10.2. The van der Waals surface area contributed by atoms with Gasteiger partial charge in [0, 0.05) is 22.9 Å². The molecule has 0 N–H and O–H groups in total. The summed E-state index contributed by atoms with van der Waals surface area (Å²) in [7, 11) is 0. The van der Waals surface area contributed by atoms with Gasteiger partial charge in [-0.25, -0.2) is 0 Å². The summed E-state index contributed by atoms with van der Waals surface area (Å²) in [5, 5.41) is 14.0. The van der Waals surface area contributed by atoms with Gasteiger partial charge in [0.2, 0.25) is 0 Å². The highest BCUT2D eigenvalue weighted by atomic mass is 35.5. The van der Waals surface area contributed by atoms with Crippen molar-refractivity contribution >= 4 is 23.4 Å². The number of benzene rings is 1. The maximum absolute atomic E-state index is 5.89. The van der Waals surface area contributed by atoms with Crippen LogP contribution in [-0.4, -0.2) is 19.9 Å². The van der Waals surface area contributed by atoms with Gasteiger partial charge in [0.25, 0.3) is 0 Å². The average Bonchev–Trinajstić information content (AvgIpc) is 3.16. The van der Waals surface area contributed by atoms with Gasteiger partial charge in [-0.2, -0.15) is 0 Å². The van der Waals surface area contributed by atoms with Crippen molar-refractivity contribution in [2.75, 3.05) is 0 Å². The highest BCUT2D eigenvalue weighted by molar-refractivity contribution is 7.98. The fourth-order valence-corrected chi connectivity index (χ4v) is 3.61. The van der Waals surface area contributed by atoms with E-state index in [-0.39, 0.29) is 0 Å². The lowest BCUT2D eigenvalue weighted by molar-refractivity contribution is 0.289. The van der Waals surface area contributed by atoms with Crippen molar-refractivity contribution in [1.82, 2.24) is 19.9 Å². The molecule has 0 fully saturated rings. The second-order valence-corrected chi connectivity index (χ2v) is 7.01. The minimum Gasteiger partial charge on any atom is -0.486 e. The normalized spacial score (nSPS) is 10.9. The molecule has 0 aliphatic carbocycles. The molecule has 3 rings (SSSR count). The van der Waals surface area contributed by atoms with Gasteiger partial charge in [-0.1, -0.05) is 34.6 Å². The maximum Gasteiger partial charge on any atom is 0.191 e. The highest BCUT2D eigenvalue weighted by Crippen LogP contribution is 2.26. The largest absolute Gasteiger partial charge is 0.486 e. The van der Waals surface area contributed by atoms with Crippen molar-refractivity contribution in [1.29, 1.82) is 0 Å². The van der Waals surface area contributed by atoms with Crippen molar-refractivity contribution in [3.05, 3.63) is 64.8 Å². The Morgan fingerprint density at radius 1 is 1.27 bits per heavy atom. The molecule has 0 unspecified atom stereocenters. The summed E-state index contributed by atoms with van der Waals surface area (Å²) in [6.07, 6.45) is 1.81. The van der Waals surface area contributed by atoms with E-state index in [9.17, 15) is 0 Å². The molecule has 0 aliphatic heterocycles. The Morgan fingerprint density at radius 2 is 2.04 bits per heavy atom. The van der Waals surface area contributed by atoms with Crippen LogP contribution in [0.2, 0.25) is 5.02 Å². The first-order chi connectivity index (χ1) is 12.6. The molecule has 26 heavy (non-hydrogen) atoms. The smallest absolute Gasteiger partial charge is 0.191 e. The van der Waals surface area contributed by atoms with E-state index in [4.69, 9.17) is 20.9 Å². The molecule has 8 heteroatoms. The van der Waals surface area contributed by atoms with Gasteiger partial charge in [-0.05, 0) is 38.1 Å². The molecule has 0 atom stereocenters. The lowest BCUT2D eigenvalue weighted by Gasteiger charge is -2.09. The summed E-state index contributed by atoms with van der Waals surface area (Å²) in [6.45, 7) is 8.59. The first-order valence-electron chi connectivity index (χ1n) is 8.04. The van der Waals surface area contributed by atoms with Crippen LogP contribution in [0.25, 0.3) is 0 Å². The Morgan fingerprint density at radius 3 is 2.69 bits per heavy atom. The standard InChI is InChI=1S/C18H19ClN4O2S/c1-4-9-23-17(10-24-15-7-5-14(19)6-8-15)20-21-18(23)26-11-16-12(2)22-25-13(16)3/h4-8H,1,9-11H2,2-3H3. The summed E-state index contributed by atoms with van der Waals surface area (Å²) in [5.74, 6) is 3.01. The van der Waals surface area contributed by atoms with Gasteiger partial charge in [0.15, 0.2) is 11.0 Å². The Balaban J connectivity index is 1.71. The van der Waals surface area contributed by atoms with E-state index in [1.54, 1.807) is 23.9 Å². The lowest BCUT2D eigenvalue weighted by Crippen LogP contribution is -2.07. The zero-order valence-corrected chi connectivity index (χ0v) is 16.2. The van der Waals surface area contributed by atoms with E-state index in [1.165, 1.54) is 0 Å². The fourth-order valence-electron chi connectivity index (χ4n) is 2.37. The second-order valence-electron chi connectivity index (χ2n) is 5.63. The number of rotatable bonds is 8. The van der Waals surface area contributed by atoms with Gasteiger partial charge in [0.1, 0.15) is 18.1 Å². The van der Waals surface area contributed by atoms with E-state index >= 15 is 0 Å². The van der Waals surface area contributed by atoms with Gasteiger partial charge in [-0.15, -0.1) is 16.8 Å². The minimum atomic E-state index is 0.314. The molecule has 2 aromatic heterocycles. The number of aryl methyl sites for hydroxylation is 2. The Labute approximate surface area is 161 Å². The number of allylic oxidation sites excluding steroid dienone is 1. The van der Waals surface area contributed by atoms with Crippen LogP contribution >= 0.6 is 23.4 Å². The van der Waals surface area contributed by atoms with Crippen LogP contribution in [0.3, 0.4) is 0 Å². The summed E-state index contributed by atoms with van der Waals surface area (Å²) >= 11 is 7.48. The third kappa shape index (κ3) is 4.28. The molecule has 0 aliphatic rings. The van der Waals surface area contributed by atoms with Gasteiger partial charge in [-0.3, -0.25) is 4.57 Å².